The van der Waals surface area contributed by atoms with E-state index >= 15 is 0 Å². The second-order valence-corrected chi connectivity index (χ2v) is 4.18. The number of ether oxygens (including phenoxy) is 1. The summed E-state index contributed by atoms with van der Waals surface area (Å²) in [6.45, 7) is 3.90. The third-order valence-electron chi connectivity index (χ3n) is 2.65. The van der Waals surface area contributed by atoms with Gasteiger partial charge in [0, 0.05) is 0 Å². The molecule has 0 spiro atoms. The van der Waals surface area contributed by atoms with Gasteiger partial charge in [0.25, 0.3) is 0 Å². The number of hydrogen-bond donors (Lipinski definition) is 3. The molecule has 1 aromatic rings. The van der Waals surface area contributed by atoms with Crippen molar-refractivity contribution in [1.29, 1.82) is 0 Å². The van der Waals surface area contributed by atoms with E-state index in [4.69, 9.17) is 9.84 Å². The minimum Gasteiger partial charge on any atom is -0.480 e. The van der Waals surface area contributed by atoms with E-state index in [0.29, 0.717) is 6.61 Å². The van der Waals surface area contributed by atoms with E-state index in [1.54, 1.807) is 0 Å². The average Bonchev–Trinajstić information content (AvgIpc) is 2.44. The molecule has 0 aliphatic rings. The highest BCUT2D eigenvalue weighted by Crippen LogP contribution is 2.08. The van der Waals surface area contributed by atoms with Gasteiger partial charge in [0.2, 0.25) is 6.41 Å². The van der Waals surface area contributed by atoms with Gasteiger partial charge < -0.3 is 20.3 Å². The molecule has 0 aliphatic carbocycles. The van der Waals surface area contributed by atoms with Crippen LogP contribution in [0.3, 0.4) is 0 Å². The Morgan fingerprint density at radius 3 is 2.60 bits per heavy atom. The lowest BCUT2D eigenvalue weighted by atomic mass is 10.0. The van der Waals surface area contributed by atoms with Crippen LogP contribution in [-0.2, 0) is 20.9 Å². The summed E-state index contributed by atoms with van der Waals surface area (Å²) in [6, 6.07) is 7.96. The monoisotopic (exact) mass is 279 g/mol. The minimum atomic E-state index is -1.43. The molecule has 6 nitrogen and oxygen atoms in total. The van der Waals surface area contributed by atoms with E-state index in [1.807, 2.05) is 35.6 Å². The van der Waals surface area contributed by atoms with Crippen LogP contribution in [0.5, 0.6) is 0 Å². The molecule has 0 saturated carbocycles. The predicted octanol–water partition coefficient (Wildman–Crippen LogP) is 0.319. The molecular weight excluding hydrogens is 262 g/mol. The summed E-state index contributed by atoms with van der Waals surface area (Å²) in [5.41, 5.74) is 1.14. The zero-order valence-electron chi connectivity index (χ0n) is 10.9. The van der Waals surface area contributed by atoms with E-state index in [1.165, 1.54) is 0 Å². The van der Waals surface area contributed by atoms with Crippen molar-refractivity contribution in [2.24, 2.45) is 0 Å². The molecule has 0 heterocycles. The molecule has 1 amide bonds. The highest BCUT2D eigenvalue weighted by Gasteiger charge is 2.27. The summed E-state index contributed by atoms with van der Waals surface area (Å²) >= 11 is 0. The molecule has 108 valence electrons. The van der Waals surface area contributed by atoms with Crippen LogP contribution in [0, 0.1) is 0 Å². The Hall–Kier alpha value is -2.18. The minimum absolute atomic E-state index is 0.000375. The second-order valence-electron chi connectivity index (χ2n) is 4.18. The topological polar surface area (TPSA) is 95.9 Å². The molecule has 1 rings (SSSR count). The number of benzene rings is 1. The lowest BCUT2D eigenvalue weighted by molar-refractivity contribution is -0.143. The van der Waals surface area contributed by atoms with Crippen LogP contribution in [-0.4, -0.2) is 41.3 Å². The average molecular weight is 279 g/mol. The van der Waals surface area contributed by atoms with Crippen molar-refractivity contribution < 1.29 is 24.5 Å². The molecule has 0 saturated heterocycles. The number of carbonyl (C=O) groups excluding carboxylic acids is 1. The van der Waals surface area contributed by atoms with Gasteiger partial charge in [-0.1, -0.05) is 36.9 Å². The summed E-state index contributed by atoms with van der Waals surface area (Å²) in [5.74, 6) is -1.34. The molecule has 0 bridgehead atoms. The highest BCUT2D eigenvalue weighted by molar-refractivity contribution is 5.77. The smallest absolute Gasteiger partial charge is 0.329 e. The predicted molar refractivity (Wildman–Crippen MR) is 71.9 cm³/mol. The van der Waals surface area contributed by atoms with Gasteiger partial charge in [0.1, 0.15) is 6.10 Å². The Labute approximate surface area is 116 Å². The van der Waals surface area contributed by atoms with Crippen LogP contribution in [0.15, 0.2) is 42.5 Å². The largest absolute Gasteiger partial charge is 0.480 e. The Morgan fingerprint density at radius 2 is 2.05 bits per heavy atom. The van der Waals surface area contributed by atoms with Crippen LogP contribution in [0.4, 0.5) is 0 Å². The molecule has 20 heavy (non-hydrogen) atoms. The molecule has 0 aliphatic heterocycles. The number of aliphatic hydroxyl groups excluding tert-OH is 1. The summed E-state index contributed by atoms with van der Waals surface area (Å²) in [4.78, 5) is 21.2. The molecule has 2 atom stereocenters. The first-order valence-electron chi connectivity index (χ1n) is 5.96. The van der Waals surface area contributed by atoms with Gasteiger partial charge >= 0.3 is 5.97 Å². The lowest BCUT2D eigenvalue weighted by Crippen LogP contribution is -2.46. The summed E-state index contributed by atoms with van der Waals surface area (Å²) < 4.78 is 5.34. The van der Waals surface area contributed by atoms with Gasteiger partial charge in [-0.25, -0.2) is 4.79 Å². The number of rotatable bonds is 9. The van der Waals surface area contributed by atoms with Gasteiger partial charge in [-0.05, 0) is 11.1 Å². The number of hydrogen-bond acceptors (Lipinski definition) is 4. The molecule has 6 heteroatoms. The summed E-state index contributed by atoms with van der Waals surface area (Å²) in [6.07, 6.45) is -1.19. The molecule has 1 aromatic carbocycles. The maximum absolute atomic E-state index is 10.9. The number of amides is 1. The standard InChI is InChI=1S/C14H17NO5/c1-10(13(17)12(14(18)19)15-9-16)7-20-8-11-5-3-2-4-6-11/h2-6,9,12-13,17H,1,7-8H2,(H,15,16)(H,18,19). The zero-order chi connectivity index (χ0) is 15.0. The molecule has 0 fully saturated rings. The van der Waals surface area contributed by atoms with Crippen LogP contribution < -0.4 is 5.32 Å². The fourth-order valence-corrected chi connectivity index (χ4v) is 1.57. The number of aliphatic carboxylic acids is 1. The molecule has 2 unspecified atom stereocenters. The fraction of sp³-hybridized carbons (Fsp3) is 0.286. The number of nitrogens with one attached hydrogen (secondary N) is 1. The lowest BCUT2D eigenvalue weighted by Gasteiger charge is -2.20. The van der Waals surface area contributed by atoms with Crippen molar-refractivity contribution in [3.63, 3.8) is 0 Å². The van der Waals surface area contributed by atoms with E-state index in [-0.39, 0.29) is 18.6 Å². The van der Waals surface area contributed by atoms with Crippen LogP contribution in [0.2, 0.25) is 0 Å². The second kappa shape index (κ2) is 8.08. The van der Waals surface area contributed by atoms with Crippen molar-refractivity contribution in [3.05, 3.63) is 48.0 Å². The van der Waals surface area contributed by atoms with Crippen molar-refractivity contribution >= 4 is 12.4 Å². The van der Waals surface area contributed by atoms with E-state index in [2.05, 4.69) is 6.58 Å². The van der Waals surface area contributed by atoms with E-state index < -0.39 is 18.1 Å². The zero-order valence-corrected chi connectivity index (χ0v) is 10.9. The van der Waals surface area contributed by atoms with Gasteiger partial charge in [0.15, 0.2) is 6.04 Å². The van der Waals surface area contributed by atoms with Crippen molar-refractivity contribution in [1.82, 2.24) is 5.32 Å². The Morgan fingerprint density at radius 1 is 1.40 bits per heavy atom. The molecule has 3 N–H and O–H groups in total. The summed E-state index contributed by atoms with van der Waals surface area (Å²) in [5, 5.41) is 20.7. The third kappa shape index (κ3) is 4.83. The van der Waals surface area contributed by atoms with Gasteiger partial charge in [-0.2, -0.15) is 0 Å². The summed E-state index contributed by atoms with van der Waals surface area (Å²) in [7, 11) is 0. The number of carbonyl (C=O) groups is 2. The Bertz CT molecular complexity index is 460. The first kappa shape index (κ1) is 15.9. The number of carboxylic acid groups (broad SMARTS) is 1. The quantitative estimate of drug-likeness (QED) is 0.447. The Kier molecular flexibility index (Phi) is 6.42. The first-order chi connectivity index (χ1) is 9.56. The molecular formula is C14H17NO5. The van der Waals surface area contributed by atoms with Crippen LogP contribution in [0.25, 0.3) is 0 Å². The van der Waals surface area contributed by atoms with Gasteiger partial charge in [-0.15, -0.1) is 0 Å². The maximum Gasteiger partial charge on any atom is 0.329 e. The normalized spacial score (nSPS) is 13.2. The number of aliphatic hydroxyl groups is 1. The highest BCUT2D eigenvalue weighted by atomic mass is 16.5. The van der Waals surface area contributed by atoms with Crippen LogP contribution >= 0.6 is 0 Å². The SMILES string of the molecule is C=C(COCc1ccccc1)C(O)C(NC=O)C(=O)O. The Balaban J connectivity index is 2.45. The number of carboxylic acids is 1. The third-order valence-corrected chi connectivity index (χ3v) is 2.65. The van der Waals surface area contributed by atoms with E-state index in [0.717, 1.165) is 5.56 Å². The first-order valence-corrected chi connectivity index (χ1v) is 5.96. The molecule has 0 radical (unpaired) electrons. The van der Waals surface area contributed by atoms with Gasteiger partial charge in [0.05, 0.1) is 13.2 Å². The van der Waals surface area contributed by atoms with Gasteiger partial charge in [-0.3, -0.25) is 4.79 Å². The maximum atomic E-state index is 10.9. The van der Waals surface area contributed by atoms with E-state index in [9.17, 15) is 14.7 Å². The van der Waals surface area contributed by atoms with Crippen LogP contribution in [0.1, 0.15) is 5.56 Å². The van der Waals surface area contributed by atoms with Crippen molar-refractivity contribution in [3.8, 4) is 0 Å². The molecule has 0 aromatic heterocycles. The van der Waals surface area contributed by atoms with Crippen molar-refractivity contribution in [2.75, 3.05) is 6.61 Å². The fourth-order valence-electron chi connectivity index (χ4n) is 1.57. The van der Waals surface area contributed by atoms with Crippen molar-refractivity contribution in [2.45, 2.75) is 18.8 Å².